The van der Waals surface area contributed by atoms with Crippen LogP contribution in [0.2, 0.25) is 8.35 Å². The predicted molar refractivity (Wildman–Crippen MR) is 112 cm³/mol. The van der Waals surface area contributed by atoms with Gasteiger partial charge in [0.05, 0.1) is 0 Å². The molecule has 0 amide bonds. The zero-order valence-corrected chi connectivity index (χ0v) is 20.3. The van der Waals surface area contributed by atoms with Gasteiger partial charge in [0.25, 0.3) is 0 Å². The minimum atomic E-state index is -1.68. The van der Waals surface area contributed by atoms with E-state index < -0.39 is 21.4 Å². The molecule has 1 heteroatoms. The van der Waals surface area contributed by atoms with E-state index in [0.717, 1.165) is 3.67 Å². The molecule has 0 nitrogen and oxygen atoms in total. The van der Waals surface area contributed by atoms with Crippen molar-refractivity contribution in [2.45, 2.75) is 64.9 Å². The van der Waals surface area contributed by atoms with Crippen LogP contribution in [0.1, 0.15) is 67.7 Å². The fourth-order valence-electron chi connectivity index (χ4n) is 4.34. The zero-order valence-electron chi connectivity index (χ0n) is 16.7. The number of allylic oxidation sites excluding steroid dienone is 1. The van der Waals surface area contributed by atoms with E-state index in [1.807, 2.05) is 0 Å². The molecule has 0 N–H and O–H groups in total. The van der Waals surface area contributed by atoms with Crippen molar-refractivity contribution < 1.29 is 21.4 Å². The van der Waals surface area contributed by atoms with Gasteiger partial charge in [-0.1, -0.05) is 0 Å². The van der Waals surface area contributed by atoms with Crippen LogP contribution in [0.25, 0.3) is 17.2 Å². The van der Waals surface area contributed by atoms with Gasteiger partial charge in [-0.2, -0.15) is 0 Å². The van der Waals surface area contributed by atoms with E-state index in [-0.39, 0.29) is 0 Å². The molecular weight excluding hydrogens is 479 g/mol. The maximum absolute atomic E-state index is 2.57. The molecule has 1 unspecified atom stereocenters. The first kappa shape index (κ1) is 19.8. The van der Waals surface area contributed by atoms with Gasteiger partial charge in [-0.15, -0.1) is 0 Å². The molecule has 3 rings (SSSR count). The number of hydrogen-bond donors (Lipinski definition) is 0. The monoisotopic (exact) mass is 513 g/mol. The van der Waals surface area contributed by atoms with Crippen molar-refractivity contribution in [2.75, 3.05) is 0 Å². The molecule has 0 radical (unpaired) electrons. The van der Waals surface area contributed by atoms with Crippen LogP contribution in [-0.2, 0) is 21.4 Å². The van der Waals surface area contributed by atoms with Crippen molar-refractivity contribution in [2.24, 2.45) is 0 Å². The normalized spacial score (nSPS) is 15.7. The van der Waals surface area contributed by atoms with Crippen LogP contribution in [0.5, 0.6) is 0 Å². The molecule has 0 saturated heterocycles. The molecule has 1 aliphatic carbocycles. The molecule has 0 aromatic heterocycles. The summed E-state index contributed by atoms with van der Waals surface area (Å²) in [4.78, 5) is 0. The topological polar surface area (TPSA) is 0 Å². The molecule has 1 aliphatic rings. The fourth-order valence-corrected chi connectivity index (χ4v) is 18.5. The molecule has 2 aromatic rings. The summed E-state index contributed by atoms with van der Waals surface area (Å²) in [5, 5.41) is 0. The first-order valence-corrected chi connectivity index (χ1v) is 17.7. The first-order valence-electron chi connectivity index (χ1n) is 10.5. The Morgan fingerprint density at radius 3 is 2.12 bits per heavy atom. The molecule has 0 spiro atoms. The van der Waals surface area contributed by atoms with E-state index in [9.17, 15) is 0 Å². The second-order valence-electron chi connectivity index (χ2n) is 7.55. The molecule has 0 aliphatic heterocycles. The Hall–Kier alpha value is -0.950. The number of hydrogen-bond acceptors (Lipinski definition) is 0. The van der Waals surface area contributed by atoms with E-state index in [1.165, 1.54) is 48.8 Å². The van der Waals surface area contributed by atoms with Crippen LogP contribution >= 0.6 is 0 Å². The van der Waals surface area contributed by atoms with Gasteiger partial charge in [-0.3, -0.25) is 0 Å². The molecule has 137 valence electrons. The standard InChI is InChI=1S/C17H15.2C4H9.Hf/c1-2-13-11-15-9-6-10-16(17(15)12-13)14-7-4-3-5-8-14;2*1-3-4-2;/h3-12H,2H2,1H3;2*1,3-4H2,2H3;. The summed E-state index contributed by atoms with van der Waals surface area (Å²) < 4.78 is 4.01. The van der Waals surface area contributed by atoms with Gasteiger partial charge in [0.1, 0.15) is 0 Å². The average Bonchev–Trinajstić information content (AvgIpc) is 3.07. The summed E-state index contributed by atoms with van der Waals surface area (Å²) >= 11 is -1.68. The Morgan fingerprint density at radius 2 is 1.50 bits per heavy atom. The SMILES string of the molecule is CCC[CH2][Hf]([CH2]CCC)[CH]1C(CC)=Cc2c(-c3ccccc3)cccc21. The molecule has 26 heavy (non-hydrogen) atoms. The minimum absolute atomic E-state index is 0.849. The Labute approximate surface area is 168 Å². The Kier molecular flexibility index (Phi) is 7.49. The predicted octanol–water partition coefficient (Wildman–Crippen LogP) is 8.26. The van der Waals surface area contributed by atoms with Gasteiger partial charge < -0.3 is 0 Å². The zero-order chi connectivity index (χ0) is 18.4. The van der Waals surface area contributed by atoms with Crippen molar-refractivity contribution in [3.63, 3.8) is 0 Å². The Morgan fingerprint density at radius 1 is 0.808 bits per heavy atom. The van der Waals surface area contributed by atoms with E-state index in [0.29, 0.717) is 0 Å². The van der Waals surface area contributed by atoms with E-state index >= 15 is 0 Å². The number of rotatable bonds is 9. The number of fused-ring (bicyclic) bond motifs is 1. The second kappa shape index (κ2) is 9.83. The fraction of sp³-hybridized carbons (Fsp3) is 0.440. The maximum atomic E-state index is 2.57. The van der Waals surface area contributed by atoms with Gasteiger partial charge in [-0.05, 0) is 0 Å². The molecule has 0 heterocycles. The van der Waals surface area contributed by atoms with Crippen LogP contribution < -0.4 is 0 Å². The van der Waals surface area contributed by atoms with Crippen molar-refractivity contribution in [1.29, 1.82) is 0 Å². The van der Waals surface area contributed by atoms with E-state index in [1.54, 1.807) is 19.5 Å². The summed E-state index contributed by atoms with van der Waals surface area (Å²) in [5.74, 6) is 0. The Bertz CT molecular complexity index is 721. The molecular formula is C25H33Hf. The van der Waals surface area contributed by atoms with Crippen molar-refractivity contribution >= 4 is 6.08 Å². The van der Waals surface area contributed by atoms with Crippen LogP contribution in [-0.4, -0.2) is 0 Å². The van der Waals surface area contributed by atoms with E-state index in [2.05, 4.69) is 75.4 Å². The van der Waals surface area contributed by atoms with Gasteiger partial charge in [-0.25, -0.2) is 0 Å². The quantitative estimate of drug-likeness (QED) is 0.297. The van der Waals surface area contributed by atoms with Crippen LogP contribution in [0.4, 0.5) is 0 Å². The Balaban J connectivity index is 2.00. The van der Waals surface area contributed by atoms with Crippen LogP contribution in [0.15, 0.2) is 54.1 Å². The van der Waals surface area contributed by atoms with Crippen LogP contribution in [0.3, 0.4) is 0 Å². The van der Waals surface area contributed by atoms with Gasteiger partial charge >= 0.3 is 169 Å². The van der Waals surface area contributed by atoms with Crippen LogP contribution in [0, 0.1) is 0 Å². The molecule has 2 aromatic carbocycles. The average molecular weight is 512 g/mol. The van der Waals surface area contributed by atoms with Gasteiger partial charge in [0, 0.05) is 0 Å². The van der Waals surface area contributed by atoms with Crippen molar-refractivity contribution in [3.8, 4) is 11.1 Å². The molecule has 0 fully saturated rings. The third-order valence-corrected chi connectivity index (χ3v) is 18.3. The van der Waals surface area contributed by atoms with Crippen molar-refractivity contribution in [3.05, 3.63) is 65.2 Å². The molecule has 0 bridgehead atoms. The third-order valence-electron chi connectivity index (χ3n) is 5.76. The number of unbranched alkanes of at least 4 members (excludes halogenated alkanes) is 2. The van der Waals surface area contributed by atoms with Gasteiger partial charge in [0.2, 0.25) is 0 Å². The van der Waals surface area contributed by atoms with Crippen molar-refractivity contribution in [1.82, 2.24) is 0 Å². The third kappa shape index (κ3) is 4.30. The summed E-state index contributed by atoms with van der Waals surface area (Å²) in [6.07, 6.45) is 9.41. The van der Waals surface area contributed by atoms with E-state index in [4.69, 9.17) is 0 Å². The summed E-state index contributed by atoms with van der Waals surface area (Å²) in [6.45, 7) is 7.09. The molecule has 1 atom stereocenters. The first-order chi connectivity index (χ1) is 12.8. The summed E-state index contributed by atoms with van der Waals surface area (Å²) in [7, 11) is 0. The molecule has 0 saturated carbocycles. The summed E-state index contributed by atoms with van der Waals surface area (Å²) in [5.41, 5.74) is 7.77. The summed E-state index contributed by atoms with van der Waals surface area (Å²) in [6, 6.07) is 18.0. The van der Waals surface area contributed by atoms with Gasteiger partial charge in [0.15, 0.2) is 0 Å². The second-order valence-corrected chi connectivity index (χ2v) is 17.9. The number of benzene rings is 2.